The molecule has 0 saturated carbocycles. The van der Waals surface area contributed by atoms with Crippen molar-refractivity contribution in [1.82, 2.24) is 5.48 Å². The third kappa shape index (κ3) is 11.5. The van der Waals surface area contributed by atoms with Crippen molar-refractivity contribution in [2.24, 2.45) is 0 Å². The van der Waals surface area contributed by atoms with Crippen LogP contribution in [0.2, 0.25) is 0 Å². The van der Waals surface area contributed by atoms with Gasteiger partial charge in [0, 0.05) is 0 Å². The lowest BCUT2D eigenvalue weighted by atomic mass is 10.5. The molecule has 0 aliphatic rings. The van der Waals surface area contributed by atoms with Crippen LogP contribution < -0.4 is 5.48 Å². The third-order valence-corrected chi connectivity index (χ3v) is 0.570. The Morgan fingerprint density at radius 2 is 2.44 bits per heavy atom. The first-order valence-electron chi connectivity index (χ1n) is 2.22. The number of amides is 1. The molecule has 1 N–H and O–H groups in total. The summed E-state index contributed by atoms with van der Waals surface area (Å²) in [6.45, 7) is 2.11. The van der Waals surface area contributed by atoms with Gasteiger partial charge in [-0.25, -0.2) is 5.48 Å². The highest BCUT2D eigenvalue weighted by Crippen LogP contribution is 1.90. The molecule has 3 nitrogen and oxygen atoms in total. The fraction of sp³-hybridized carbons (Fsp3) is 0.750. The summed E-state index contributed by atoms with van der Waals surface area (Å²) in [6, 6.07) is 0. The van der Waals surface area contributed by atoms with Crippen molar-refractivity contribution in [2.45, 2.75) is 12.3 Å². The lowest BCUT2D eigenvalue weighted by Crippen LogP contribution is -2.16. The summed E-state index contributed by atoms with van der Waals surface area (Å²) < 4.78 is 0. The summed E-state index contributed by atoms with van der Waals surface area (Å²) in [5, 5.41) is -0.0672. The third-order valence-electron chi connectivity index (χ3n) is 0.444. The molecular formula is C4H9Cl2NO2. The molecule has 9 heavy (non-hydrogen) atoms. The lowest BCUT2D eigenvalue weighted by Gasteiger charge is -1.99. The Balaban J connectivity index is 0. The van der Waals surface area contributed by atoms with E-state index >= 15 is 0 Å². The predicted molar refractivity (Wildman–Crippen MR) is 37.7 cm³/mol. The number of carbonyl (C=O) groups excluding carboxylic acids is 1. The molecule has 0 saturated heterocycles. The standard InChI is InChI=1S/C4H8ClNO2.ClH/c1-4(5)2-8-6-3-7;/h3-4H,2H2,1H3,(H,6,7);1H. The number of hydrogen-bond acceptors (Lipinski definition) is 2. The molecule has 1 unspecified atom stereocenters. The highest BCUT2D eigenvalue weighted by molar-refractivity contribution is 6.20. The maximum Gasteiger partial charge on any atom is 0.230 e. The Hall–Kier alpha value is 0.01000. The van der Waals surface area contributed by atoms with Crippen LogP contribution >= 0.6 is 24.0 Å². The molecule has 0 fully saturated rings. The normalized spacial score (nSPS) is 11.3. The Kier molecular flexibility index (Phi) is 10.5. The Bertz CT molecular complexity index is 69.6. The van der Waals surface area contributed by atoms with Gasteiger partial charge < -0.3 is 0 Å². The van der Waals surface area contributed by atoms with Crippen molar-refractivity contribution in [3.05, 3.63) is 0 Å². The van der Waals surface area contributed by atoms with Crippen molar-refractivity contribution in [1.29, 1.82) is 0 Å². The molecule has 0 aromatic heterocycles. The van der Waals surface area contributed by atoms with Crippen molar-refractivity contribution in [3.63, 3.8) is 0 Å². The molecule has 0 bridgehead atoms. The second-order valence-corrected chi connectivity index (χ2v) is 2.07. The minimum atomic E-state index is -0.0672. The minimum absolute atomic E-state index is 0. The van der Waals surface area contributed by atoms with Crippen molar-refractivity contribution in [3.8, 4) is 0 Å². The van der Waals surface area contributed by atoms with Gasteiger partial charge in [-0.1, -0.05) is 0 Å². The van der Waals surface area contributed by atoms with Gasteiger partial charge in [0.15, 0.2) is 0 Å². The van der Waals surface area contributed by atoms with Crippen LogP contribution in [0.15, 0.2) is 0 Å². The zero-order valence-electron chi connectivity index (χ0n) is 4.96. The molecule has 0 radical (unpaired) electrons. The average Bonchev–Trinajstić information content (AvgIpc) is 1.66. The van der Waals surface area contributed by atoms with Gasteiger partial charge in [-0.05, 0) is 6.92 Å². The molecule has 0 aliphatic carbocycles. The highest BCUT2D eigenvalue weighted by Gasteiger charge is 1.92. The zero-order valence-corrected chi connectivity index (χ0v) is 6.54. The number of nitrogens with one attached hydrogen (secondary N) is 1. The number of rotatable bonds is 4. The van der Waals surface area contributed by atoms with Crippen LogP contribution in [-0.4, -0.2) is 18.4 Å². The fourth-order valence-electron chi connectivity index (χ4n) is 0.197. The van der Waals surface area contributed by atoms with Gasteiger partial charge in [0.1, 0.15) is 0 Å². The number of halogens is 2. The van der Waals surface area contributed by atoms with E-state index < -0.39 is 0 Å². The molecule has 56 valence electrons. The largest absolute Gasteiger partial charge is 0.277 e. The van der Waals surface area contributed by atoms with E-state index in [-0.39, 0.29) is 17.8 Å². The van der Waals surface area contributed by atoms with Crippen LogP contribution in [0.3, 0.4) is 0 Å². The molecule has 0 rings (SSSR count). The van der Waals surface area contributed by atoms with E-state index in [9.17, 15) is 4.79 Å². The number of hydroxylamine groups is 1. The van der Waals surface area contributed by atoms with Crippen molar-refractivity contribution < 1.29 is 9.63 Å². The van der Waals surface area contributed by atoms with Crippen LogP contribution in [0.25, 0.3) is 0 Å². The first kappa shape index (κ1) is 11.8. The van der Waals surface area contributed by atoms with Crippen LogP contribution in [0.1, 0.15) is 6.92 Å². The Morgan fingerprint density at radius 3 is 2.78 bits per heavy atom. The summed E-state index contributed by atoms with van der Waals surface area (Å²) in [7, 11) is 0. The Labute approximate surface area is 65.1 Å². The highest BCUT2D eigenvalue weighted by atomic mass is 35.5. The Morgan fingerprint density at radius 1 is 1.89 bits per heavy atom. The van der Waals surface area contributed by atoms with E-state index in [4.69, 9.17) is 11.6 Å². The maximum atomic E-state index is 9.51. The number of carbonyl (C=O) groups is 1. The summed E-state index contributed by atoms with van der Waals surface area (Å²) in [4.78, 5) is 14.0. The van der Waals surface area contributed by atoms with Crippen molar-refractivity contribution >= 4 is 30.4 Å². The minimum Gasteiger partial charge on any atom is -0.277 e. The van der Waals surface area contributed by atoms with E-state index in [2.05, 4.69) is 4.84 Å². The summed E-state index contributed by atoms with van der Waals surface area (Å²) in [5.74, 6) is 0. The second kappa shape index (κ2) is 8.01. The van der Waals surface area contributed by atoms with E-state index in [1.807, 2.05) is 5.48 Å². The maximum absolute atomic E-state index is 9.51. The molecule has 0 spiro atoms. The van der Waals surface area contributed by atoms with Gasteiger partial charge in [-0.2, -0.15) is 0 Å². The van der Waals surface area contributed by atoms with E-state index in [0.29, 0.717) is 13.0 Å². The first-order chi connectivity index (χ1) is 3.77. The van der Waals surface area contributed by atoms with E-state index in [1.54, 1.807) is 6.92 Å². The van der Waals surface area contributed by atoms with Crippen LogP contribution in [0, 0.1) is 0 Å². The molecule has 0 aliphatic heterocycles. The van der Waals surface area contributed by atoms with Gasteiger partial charge in [0.05, 0.1) is 12.0 Å². The lowest BCUT2D eigenvalue weighted by molar-refractivity contribution is -0.120. The van der Waals surface area contributed by atoms with Gasteiger partial charge in [0.2, 0.25) is 6.41 Å². The monoisotopic (exact) mass is 173 g/mol. The van der Waals surface area contributed by atoms with Gasteiger partial charge >= 0.3 is 0 Å². The molecule has 1 amide bonds. The molecule has 5 heteroatoms. The quantitative estimate of drug-likeness (QED) is 0.295. The number of alkyl halides is 1. The smallest absolute Gasteiger partial charge is 0.230 e. The topological polar surface area (TPSA) is 38.3 Å². The molecule has 1 atom stereocenters. The summed E-state index contributed by atoms with van der Waals surface area (Å²) in [5.41, 5.74) is 2.01. The zero-order chi connectivity index (χ0) is 6.41. The second-order valence-electron chi connectivity index (χ2n) is 1.33. The van der Waals surface area contributed by atoms with Gasteiger partial charge in [0.25, 0.3) is 0 Å². The van der Waals surface area contributed by atoms with Crippen molar-refractivity contribution in [2.75, 3.05) is 6.61 Å². The number of hydrogen-bond donors (Lipinski definition) is 1. The summed E-state index contributed by atoms with van der Waals surface area (Å²) in [6.07, 6.45) is 0.458. The van der Waals surface area contributed by atoms with E-state index in [0.717, 1.165) is 0 Å². The van der Waals surface area contributed by atoms with E-state index in [1.165, 1.54) is 0 Å². The van der Waals surface area contributed by atoms with Crippen LogP contribution in [-0.2, 0) is 9.63 Å². The predicted octanol–water partition coefficient (Wildman–Crippen LogP) is 0.713. The average molecular weight is 174 g/mol. The molecule has 0 aromatic carbocycles. The molecule has 0 aromatic rings. The summed E-state index contributed by atoms with van der Waals surface area (Å²) >= 11 is 5.43. The van der Waals surface area contributed by atoms with Crippen LogP contribution in [0.5, 0.6) is 0 Å². The van der Waals surface area contributed by atoms with Gasteiger partial charge in [-0.3, -0.25) is 9.63 Å². The first-order valence-corrected chi connectivity index (χ1v) is 2.66. The SMILES string of the molecule is CC(Cl)CONC=O.Cl. The fourth-order valence-corrected chi connectivity index (χ4v) is 0.260. The molecular weight excluding hydrogens is 165 g/mol. The van der Waals surface area contributed by atoms with Gasteiger partial charge in [-0.15, -0.1) is 24.0 Å². The molecule has 0 heterocycles. The van der Waals surface area contributed by atoms with Crippen LogP contribution in [0.4, 0.5) is 0 Å².